The number of pyridine rings is 2. The lowest BCUT2D eigenvalue weighted by Gasteiger charge is -2.12. The van der Waals surface area contributed by atoms with Crippen molar-refractivity contribution in [2.75, 3.05) is 0 Å². The highest BCUT2D eigenvalue weighted by molar-refractivity contribution is 6.26. The van der Waals surface area contributed by atoms with E-state index >= 15 is 0 Å². The smallest absolute Gasteiger partial charge is 0.145 e. The molecular formula is C23H14N2. The minimum absolute atomic E-state index is 1.01. The third-order valence-corrected chi connectivity index (χ3v) is 5.23. The molecule has 0 aliphatic heterocycles. The average molecular weight is 318 g/mol. The molecular weight excluding hydrogens is 304 g/mol. The van der Waals surface area contributed by atoms with E-state index in [1.54, 1.807) is 0 Å². The van der Waals surface area contributed by atoms with Gasteiger partial charge in [-0.2, -0.15) is 0 Å². The molecule has 0 saturated carbocycles. The normalized spacial score (nSPS) is 12.0. The van der Waals surface area contributed by atoms with Crippen molar-refractivity contribution in [1.29, 1.82) is 0 Å². The molecule has 3 aromatic heterocycles. The Morgan fingerprint density at radius 3 is 2.44 bits per heavy atom. The van der Waals surface area contributed by atoms with Crippen LogP contribution in [0.15, 0.2) is 85.2 Å². The molecule has 25 heavy (non-hydrogen) atoms. The summed E-state index contributed by atoms with van der Waals surface area (Å²) in [5.41, 5.74) is 2.21. The van der Waals surface area contributed by atoms with Crippen molar-refractivity contribution in [3.05, 3.63) is 85.2 Å². The predicted molar refractivity (Wildman–Crippen MR) is 105 cm³/mol. The van der Waals surface area contributed by atoms with Crippen LogP contribution < -0.4 is 0 Å². The van der Waals surface area contributed by atoms with Crippen molar-refractivity contribution < 1.29 is 0 Å². The van der Waals surface area contributed by atoms with Gasteiger partial charge in [0.05, 0.1) is 5.52 Å². The summed E-state index contributed by atoms with van der Waals surface area (Å²) in [5, 5.41) is 8.92. The van der Waals surface area contributed by atoms with Gasteiger partial charge in [0.2, 0.25) is 0 Å². The number of hydrogen-bond donors (Lipinski definition) is 0. The van der Waals surface area contributed by atoms with Gasteiger partial charge in [-0.1, -0.05) is 48.5 Å². The first-order valence-corrected chi connectivity index (χ1v) is 8.50. The van der Waals surface area contributed by atoms with Gasteiger partial charge < -0.3 is 4.40 Å². The zero-order valence-electron chi connectivity index (χ0n) is 13.5. The Labute approximate surface area is 143 Å². The van der Waals surface area contributed by atoms with Gasteiger partial charge in [-0.25, -0.2) is 4.98 Å². The quantitative estimate of drug-likeness (QED) is 0.316. The van der Waals surface area contributed by atoms with Crippen molar-refractivity contribution in [2.45, 2.75) is 0 Å². The van der Waals surface area contributed by atoms with Crippen molar-refractivity contribution in [3.63, 3.8) is 0 Å². The monoisotopic (exact) mass is 318 g/mol. The van der Waals surface area contributed by atoms with Gasteiger partial charge in [0.1, 0.15) is 5.65 Å². The van der Waals surface area contributed by atoms with E-state index in [2.05, 4.69) is 82.3 Å². The number of nitrogens with zero attached hydrogens (tertiary/aromatic N) is 2. The fourth-order valence-corrected chi connectivity index (χ4v) is 4.16. The van der Waals surface area contributed by atoms with E-state index in [9.17, 15) is 0 Å². The van der Waals surface area contributed by atoms with E-state index in [0.717, 1.165) is 5.65 Å². The van der Waals surface area contributed by atoms with E-state index in [0.29, 0.717) is 0 Å². The highest BCUT2D eigenvalue weighted by Crippen LogP contribution is 2.37. The Morgan fingerprint density at radius 1 is 0.600 bits per heavy atom. The van der Waals surface area contributed by atoms with Crippen LogP contribution in [0.4, 0.5) is 0 Å². The van der Waals surface area contributed by atoms with Crippen molar-refractivity contribution in [3.8, 4) is 0 Å². The van der Waals surface area contributed by atoms with Gasteiger partial charge in [0.15, 0.2) is 0 Å². The Bertz CT molecular complexity index is 1440. The molecule has 6 aromatic rings. The molecule has 0 spiro atoms. The summed E-state index contributed by atoms with van der Waals surface area (Å²) in [6.07, 6.45) is 3.96. The number of hydrogen-bond acceptors (Lipinski definition) is 1. The molecule has 2 heteroatoms. The zero-order chi connectivity index (χ0) is 16.4. The Kier molecular flexibility index (Phi) is 2.37. The SMILES string of the molecule is c1ccc2c(c1)ccc1c2ccc2c1c1cccnc1n1cccc21. The van der Waals surface area contributed by atoms with Crippen LogP contribution in [0.1, 0.15) is 0 Å². The number of fused-ring (bicyclic) bond motifs is 10. The second kappa shape index (κ2) is 4.58. The minimum atomic E-state index is 1.01. The van der Waals surface area contributed by atoms with Gasteiger partial charge in [0.25, 0.3) is 0 Å². The Hall–Kier alpha value is -3.39. The first-order valence-electron chi connectivity index (χ1n) is 8.50. The molecule has 0 aliphatic rings. The zero-order valence-corrected chi connectivity index (χ0v) is 13.5. The summed E-state index contributed by atoms with van der Waals surface area (Å²) in [5.74, 6) is 0. The highest BCUT2D eigenvalue weighted by atomic mass is 15.0. The first kappa shape index (κ1) is 13.0. The number of aromatic nitrogens is 2. The first-order chi connectivity index (χ1) is 12.4. The molecule has 0 aliphatic carbocycles. The Morgan fingerprint density at radius 2 is 1.44 bits per heavy atom. The summed E-state index contributed by atoms with van der Waals surface area (Å²) in [7, 11) is 0. The second-order valence-electron chi connectivity index (χ2n) is 6.51. The maximum absolute atomic E-state index is 4.66. The van der Waals surface area contributed by atoms with Crippen LogP contribution in [0, 0.1) is 0 Å². The van der Waals surface area contributed by atoms with E-state index in [1.807, 2.05) is 12.3 Å². The molecule has 0 fully saturated rings. The molecule has 0 amide bonds. The van der Waals surface area contributed by atoms with Crippen LogP contribution in [0.2, 0.25) is 0 Å². The van der Waals surface area contributed by atoms with Crippen molar-refractivity contribution in [1.82, 2.24) is 9.38 Å². The lowest BCUT2D eigenvalue weighted by Crippen LogP contribution is -1.92. The standard InChI is InChI=1S/C23H14N2/c1-2-6-16-15(5-1)9-10-18-17(16)11-12-19-21-8-4-14-25(21)23-20(22(18)19)7-3-13-24-23/h1-14H. The largest absolute Gasteiger partial charge is 0.301 e. The van der Waals surface area contributed by atoms with Gasteiger partial charge in [0, 0.05) is 28.6 Å². The summed E-state index contributed by atoms with van der Waals surface area (Å²) >= 11 is 0. The fraction of sp³-hybridized carbons (Fsp3) is 0. The van der Waals surface area contributed by atoms with E-state index < -0.39 is 0 Å². The molecule has 116 valence electrons. The molecule has 6 rings (SSSR count). The van der Waals surface area contributed by atoms with Crippen LogP contribution in [0.3, 0.4) is 0 Å². The maximum atomic E-state index is 4.66. The van der Waals surface area contributed by atoms with Crippen LogP contribution in [0.25, 0.3) is 48.9 Å². The molecule has 0 saturated heterocycles. The molecule has 0 unspecified atom stereocenters. The summed E-state index contributed by atoms with van der Waals surface area (Å²) in [6.45, 7) is 0. The minimum Gasteiger partial charge on any atom is -0.301 e. The maximum Gasteiger partial charge on any atom is 0.145 e. The van der Waals surface area contributed by atoms with Crippen LogP contribution in [-0.4, -0.2) is 9.38 Å². The summed E-state index contributed by atoms with van der Waals surface area (Å²) in [6, 6.07) is 26.1. The Balaban J connectivity index is 2.00. The predicted octanol–water partition coefficient (Wildman–Crippen LogP) is 5.95. The van der Waals surface area contributed by atoms with Gasteiger partial charge in [-0.3, -0.25) is 0 Å². The number of benzene rings is 3. The van der Waals surface area contributed by atoms with Gasteiger partial charge in [-0.05, 0) is 45.8 Å². The lowest BCUT2D eigenvalue weighted by molar-refractivity contribution is 1.21. The summed E-state index contributed by atoms with van der Waals surface area (Å²) in [4.78, 5) is 4.66. The molecule has 0 bridgehead atoms. The molecule has 0 N–H and O–H groups in total. The fourth-order valence-electron chi connectivity index (χ4n) is 4.16. The summed E-state index contributed by atoms with van der Waals surface area (Å²) < 4.78 is 2.19. The molecule has 3 heterocycles. The van der Waals surface area contributed by atoms with Crippen molar-refractivity contribution >= 4 is 48.9 Å². The molecule has 2 nitrogen and oxygen atoms in total. The van der Waals surface area contributed by atoms with E-state index in [1.165, 1.54) is 43.2 Å². The lowest BCUT2D eigenvalue weighted by atomic mass is 9.95. The topological polar surface area (TPSA) is 17.3 Å². The highest BCUT2D eigenvalue weighted by Gasteiger charge is 2.12. The van der Waals surface area contributed by atoms with Crippen molar-refractivity contribution in [2.24, 2.45) is 0 Å². The van der Waals surface area contributed by atoms with Crippen LogP contribution in [0.5, 0.6) is 0 Å². The third kappa shape index (κ3) is 1.61. The van der Waals surface area contributed by atoms with Crippen LogP contribution >= 0.6 is 0 Å². The van der Waals surface area contributed by atoms with E-state index in [4.69, 9.17) is 0 Å². The van der Waals surface area contributed by atoms with Gasteiger partial charge >= 0.3 is 0 Å². The van der Waals surface area contributed by atoms with E-state index in [-0.39, 0.29) is 0 Å². The van der Waals surface area contributed by atoms with Crippen LogP contribution in [-0.2, 0) is 0 Å². The molecule has 3 aromatic carbocycles. The number of rotatable bonds is 0. The molecule has 0 radical (unpaired) electrons. The van der Waals surface area contributed by atoms with Gasteiger partial charge in [-0.15, -0.1) is 0 Å². The average Bonchev–Trinajstić information content (AvgIpc) is 3.17. The third-order valence-electron chi connectivity index (χ3n) is 5.23. The molecule has 0 atom stereocenters. The second-order valence-corrected chi connectivity index (χ2v) is 6.51.